The number of carbonyl (C=O) groups is 1. The number of hydrogen-bond donors (Lipinski definition) is 1. The summed E-state index contributed by atoms with van der Waals surface area (Å²) in [5.41, 5.74) is 0. The van der Waals surface area contributed by atoms with Gasteiger partial charge in [0.05, 0.1) is 5.92 Å². The lowest BCUT2D eigenvalue weighted by Crippen LogP contribution is -2.38. The molecule has 2 atom stereocenters. The predicted octanol–water partition coefficient (Wildman–Crippen LogP) is 3.17. The van der Waals surface area contributed by atoms with E-state index in [2.05, 4.69) is 0 Å². The summed E-state index contributed by atoms with van der Waals surface area (Å²) in [6.45, 7) is 3.78. The van der Waals surface area contributed by atoms with Gasteiger partial charge in [0.2, 0.25) is 0 Å². The maximum atomic E-state index is 13.5. The van der Waals surface area contributed by atoms with Gasteiger partial charge in [0, 0.05) is 12.3 Å². The Morgan fingerprint density at radius 3 is 2.60 bits per heavy atom. The Morgan fingerprint density at radius 1 is 1.53 bits per heavy atom. The third-order valence-electron chi connectivity index (χ3n) is 3.10. The fraction of sp³-hybridized carbons (Fsp3) is 0.909. The second-order valence-corrected chi connectivity index (χ2v) is 4.90. The minimum Gasteiger partial charge on any atom is -0.481 e. The van der Waals surface area contributed by atoms with E-state index in [1.54, 1.807) is 0 Å². The van der Waals surface area contributed by atoms with Gasteiger partial charge in [-0.2, -0.15) is 0 Å². The van der Waals surface area contributed by atoms with Crippen LogP contribution in [0.4, 0.5) is 8.78 Å². The Bertz CT molecular complexity index is 239. The van der Waals surface area contributed by atoms with Crippen molar-refractivity contribution in [1.82, 2.24) is 0 Å². The number of halogens is 2. The highest BCUT2D eigenvalue weighted by molar-refractivity contribution is 5.70. The van der Waals surface area contributed by atoms with Crippen LogP contribution in [0.2, 0.25) is 0 Å². The summed E-state index contributed by atoms with van der Waals surface area (Å²) in [5.74, 6) is -4.75. The number of hydrogen-bond acceptors (Lipinski definition) is 1. The molecule has 1 fully saturated rings. The minimum absolute atomic E-state index is 0.108. The normalized spacial score (nSPS) is 30.5. The van der Waals surface area contributed by atoms with Crippen LogP contribution in [0.1, 0.15) is 39.5 Å². The molecule has 1 rings (SSSR count). The topological polar surface area (TPSA) is 37.3 Å². The van der Waals surface area contributed by atoms with Crippen LogP contribution in [-0.4, -0.2) is 17.0 Å². The van der Waals surface area contributed by atoms with Gasteiger partial charge in [-0.25, -0.2) is 8.78 Å². The maximum absolute atomic E-state index is 13.5. The lowest BCUT2D eigenvalue weighted by atomic mass is 9.75. The molecule has 0 aliphatic heterocycles. The molecule has 0 radical (unpaired) electrons. The smallest absolute Gasteiger partial charge is 0.306 e. The van der Waals surface area contributed by atoms with Crippen molar-refractivity contribution in [1.29, 1.82) is 0 Å². The van der Waals surface area contributed by atoms with Gasteiger partial charge in [0.25, 0.3) is 5.92 Å². The molecule has 0 heterocycles. The summed E-state index contributed by atoms with van der Waals surface area (Å²) in [4.78, 5) is 10.8. The molecule has 4 heteroatoms. The number of carboxylic acid groups (broad SMARTS) is 1. The van der Waals surface area contributed by atoms with Gasteiger partial charge in [-0.15, -0.1) is 0 Å². The van der Waals surface area contributed by atoms with Crippen LogP contribution in [0.3, 0.4) is 0 Å². The highest BCUT2D eigenvalue weighted by Crippen LogP contribution is 2.43. The van der Waals surface area contributed by atoms with Gasteiger partial charge >= 0.3 is 5.97 Å². The van der Waals surface area contributed by atoms with Crippen molar-refractivity contribution in [2.75, 3.05) is 0 Å². The van der Waals surface area contributed by atoms with Crippen LogP contribution in [0.25, 0.3) is 0 Å². The second-order valence-electron chi connectivity index (χ2n) is 4.90. The van der Waals surface area contributed by atoms with E-state index in [1.807, 2.05) is 13.8 Å². The Morgan fingerprint density at radius 2 is 2.13 bits per heavy atom. The van der Waals surface area contributed by atoms with Crippen molar-refractivity contribution in [3.8, 4) is 0 Å². The highest BCUT2D eigenvalue weighted by Gasteiger charge is 2.46. The van der Waals surface area contributed by atoms with Crippen LogP contribution in [0.15, 0.2) is 0 Å². The summed E-state index contributed by atoms with van der Waals surface area (Å²) >= 11 is 0. The number of alkyl halides is 2. The van der Waals surface area contributed by atoms with Crippen LogP contribution < -0.4 is 0 Å². The summed E-state index contributed by atoms with van der Waals surface area (Å²) in [5, 5.41) is 8.82. The van der Waals surface area contributed by atoms with Crippen LogP contribution in [-0.2, 0) is 4.79 Å². The standard InChI is InChI=1S/C11H18F2O2/c1-7(2)5-9-6-8(10(14)15)3-4-11(9,12)13/h7-9H,3-6H2,1-2H3,(H,14,15). The van der Waals surface area contributed by atoms with Gasteiger partial charge in [-0.05, 0) is 25.2 Å². The Balaban J connectivity index is 2.66. The summed E-state index contributed by atoms with van der Waals surface area (Å²) in [6.07, 6.45) is 0.371. The molecular weight excluding hydrogens is 202 g/mol. The quantitative estimate of drug-likeness (QED) is 0.793. The number of carboxylic acids is 1. The molecule has 1 N–H and O–H groups in total. The first-order valence-corrected chi connectivity index (χ1v) is 5.43. The zero-order valence-electron chi connectivity index (χ0n) is 9.17. The zero-order valence-corrected chi connectivity index (χ0v) is 9.17. The van der Waals surface area contributed by atoms with Crippen LogP contribution in [0.5, 0.6) is 0 Å². The molecule has 0 aromatic carbocycles. The Kier molecular flexibility index (Phi) is 3.68. The molecule has 1 aliphatic rings. The number of aliphatic carboxylic acids is 1. The molecular formula is C11H18F2O2. The van der Waals surface area contributed by atoms with Crippen molar-refractivity contribution in [2.24, 2.45) is 17.8 Å². The number of rotatable bonds is 3. The second kappa shape index (κ2) is 4.45. The molecule has 0 aromatic rings. The van der Waals surface area contributed by atoms with Gasteiger partial charge in [0.15, 0.2) is 0 Å². The van der Waals surface area contributed by atoms with Gasteiger partial charge in [-0.3, -0.25) is 4.79 Å². The van der Waals surface area contributed by atoms with E-state index in [-0.39, 0.29) is 25.2 Å². The van der Waals surface area contributed by atoms with Crippen LogP contribution in [0, 0.1) is 17.8 Å². The van der Waals surface area contributed by atoms with Crippen molar-refractivity contribution in [3.63, 3.8) is 0 Å². The third kappa shape index (κ3) is 3.14. The summed E-state index contributed by atoms with van der Waals surface area (Å²) in [6, 6.07) is 0. The fourth-order valence-corrected chi connectivity index (χ4v) is 2.27. The average Bonchev–Trinajstić information content (AvgIpc) is 2.07. The first-order chi connectivity index (χ1) is 6.83. The molecule has 88 valence electrons. The van der Waals surface area contributed by atoms with Crippen molar-refractivity contribution >= 4 is 5.97 Å². The van der Waals surface area contributed by atoms with E-state index in [1.165, 1.54) is 0 Å². The van der Waals surface area contributed by atoms with Gasteiger partial charge in [0.1, 0.15) is 0 Å². The zero-order chi connectivity index (χ0) is 11.6. The van der Waals surface area contributed by atoms with Crippen molar-refractivity contribution < 1.29 is 18.7 Å². The molecule has 15 heavy (non-hydrogen) atoms. The van der Waals surface area contributed by atoms with E-state index in [0.717, 1.165) is 0 Å². The summed E-state index contributed by atoms with van der Waals surface area (Å²) < 4.78 is 26.9. The predicted molar refractivity (Wildman–Crippen MR) is 52.9 cm³/mol. The Hall–Kier alpha value is -0.670. The largest absolute Gasteiger partial charge is 0.481 e. The molecule has 1 aliphatic carbocycles. The van der Waals surface area contributed by atoms with Crippen molar-refractivity contribution in [2.45, 2.75) is 45.5 Å². The SMILES string of the molecule is CC(C)CC1CC(C(=O)O)CCC1(F)F. The van der Waals surface area contributed by atoms with E-state index >= 15 is 0 Å². The van der Waals surface area contributed by atoms with Gasteiger partial charge in [-0.1, -0.05) is 13.8 Å². The van der Waals surface area contributed by atoms with Crippen LogP contribution >= 0.6 is 0 Å². The average molecular weight is 220 g/mol. The lowest BCUT2D eigenvalue weighted by Gasteiger charge is -2.35. The third-order valence-corrected chi connectivity index (χ3v) is 3.10. The minimum atomic E-state index is -2.67. The lowest BCUT2D eigenvalue weighted by molar-refractivity contribution is -0.151. The fourth-order valence-electron chi connectivity index (χ4n) is 2.27. The van der Waals surface area contributed by atoms with E-state index in [4.69, 9.17) is 5.11 Å². The molecule has 2 nitrogen and oxygen atoms in total. The van der Waals surface area contributed by atoms with Gasteiger partial charge < -0.3 is 5.11 Å². The molecule has 0 saturated heterocycles. The molecule has 0 bridgehead atoms. The molecule has 1 saturated carbocycles. The summed E-state index contributed by atoms with van der Waals surface area (Å²) in [7, 11) is 0. The van der Waals surface area contributed by atoms with E-state index < -0.39 is 23.7 Å². The maximum Gasteiger partial charge on any atom is 0.306 e. The van der Waals surface area contributed by atoms with E-state index in [9.17, 15) is 13.6 Å². The highest BCUT2D eigenvalue weighted by atomic mass is 19.3. The monoisotopic (exact) mass is 220 g/mol. The first kappa shape index (κ1) is 12.4. The first-order valence-electron chi connectivity index (χ1n) is 5.43. The molecule has 2 unspecified atom stereocenters. The molecule has 0 spiro atoms. The molecule has 0 aromatic heterocycles. The van der Waals surface area contributed by atoms with E-state index in [0.29, 0.717) is 6.42 Å². The van der Waals surface area contributed by atoms with Crippen molar-refractivity contribution in [3.05, 3.63) is 0 Å². The molecule has 0 amide bonds. The Labute approximate surface area is 88.7 Å².